The summed E-state index contributed by atoms with van der Waals surface area (Å²) in [5.74, 6) is -0.809. The van der Waals surface area contributed by atoms with Gasteiger partial charge in [-0.1, -0.05) is 25.0 Å². The van der Waals surface area contributed by atoms with Crippen molar-refractivity contribution in [2.45, 2.75) is 37.5 Å². The number of hydrogen-bond donors (Lipinski definition) is 1. The number of sulfonamides is 1. The van der Waals surface area contributed by atoms with E-state index in [0.717, 1.165) is 25.7 Å². The Morgan fingerprint density at radius 3 is 2.17 bits per heavy atom. The van der Waals surface area contributed by atoms with Crippen molar-refractivity contribution < 1.29 is 22.7 Å². The molecule has 1 aliphatic heterocycles. The fourth-order valence-electron chi connectivity index (χ4n) is 3.24. The Balaban J connectivity index is 1.74. The topological polar surface area (TPSA) is 92.8 Å². The maximum absolute atomic E-state index is 12.8. The molecule has 0 aliphatic carbocycles. The second kappa shape index (κ2) is 9.19. The summed E-state index contributed by atoms with van der Waals surface area (Å²) >= 11 is 0. The minimum absolute atomic E-state index is 0.165. The fourth-order valence-corrected chi connectivity index (χ4v) is 4.75. The Bertz CT molecular complexity index is 978. The Hall–Kier alpha value is -2.71. The molecule has 0 aromatic heterocycles. The van der Waals surface area contributed by atoms with Crippen molar-refractivity contribution in [1.82, 2.24) is 4.31 Å². The van der Waals surface area contributed by atoms with Gasteiger partial charge >= 0.3 is 5.97 Å². The summed E-state index contributed by atoms with van der Waals surface area (Å²) in [7, 11) is -3.54. The monoisotopic (exact) mass is 416 g/mol. The van der Waals surface area contributed by atoms with Gasteiger partial charge in [-0.25, -0.2) is 8.42 Å². The number of nitrogens with one attached hydrogen (secondary N) is 1. The van der Waals surface area contributed by atoms with Gasteiger partial charge in [-0.3, -0.25) is 9.59 Å². The van der Waals surface area contributed by atoms with Crippen molar-refractivity contribution in [2.24, 2.45) is 0 Å². The molecule has 1 heterocycles. The van der Waals surface area contributed by atoms with Crippen LogP contribution in [0.15, 0.2) is 53.4 Å². The first kappa shape index (κ1) is 21.0. The van der Waals surface area contributed by atoms with E-state index in [1.165, 1.54) is 29.4 Å². The molecule has 29 heavy (non-hydrogen) atoms. The predicted molar refractivity (Wildman–Crippen MR) is 109 cm³/mol. The maximum Gasteiger partial charge on any atom is 0.308 e. The van der Waals surface area contributed by atoms with E-state index in [1.54, 1.807) is 30.3 Å². The van der Waals surface area contributed by atoms with Crippen molar-refractivity contribution in [3.63, 3.8) is 0 Å². The minimum Gasteiger partial charge on any atom is -0.426 e. The molecule has 1 N–H and O–H groups in total. The third-order valence-corrected chi connectivity index (χ3v) is 6.61. The van der Waals surface area contributed by atoms with Crippen LogP contribution in [0, 0.1) is 0 Å². The number of rotatable bonds is 5. The second-order valence-corrected chi connectivity index (χ2v) is 8.82. The van der Waals surface area contributed by atoms with Gasteiger partial charge in [0.15, 0.2) is 0 Å². The van der Waals surface area contributed by atoms with E-state index in [-0.39, 0.29) is 16.2 Å². The Morgan fingerprint density at radius 2 is 1.55 bits per heavy atom. The van der Waals surface area contributed by atoms with Gasteiger partial charge in [-0.05, 0) is 49.2 Å². The molecule has 2 aromatic carbocycles. The lowest BCUT2D eigenvalue weighted by molar-refractivity contribution is -0.131. The number of ether oxygens (including phenoxy) is 1. The van der Waals surface area contributed by atoms with E-state index in [1.807, 2.05) is 0 Å². The first-order valence-corrected chi connectivity index (χ1v) is 11.0. The smallest absolute Gasteiger partial charge is 0.308 e. The van der Waals surface area contributed by atoms with E-state index in [0.29, 0.717) is 18.8 Å². The van der Waals surface area contributed by atoms with Crippen LogP contribution < -0.4 is 10.1 Å². The SMILES string of the molecule is CC(=O)Oc1ccccc1C(=O)Nc1ccc(S(=O)(=O)N2CCCCCC2)cc1. The molecule has 0 saturated carbocycles. The van der Waals surface area contributed by atoms with Crippen LogP contribution in [0.5, 0.6) is 5.75 Å². The highest BCUT2D eigenvalue weighted by Gasteiger charge is 2.25. The molecule has 1 aliphatic rings. The highest BCUT2D eigenvalue weighted by atomic mass is 32.2. The lowest BCUT2D eigenvalue weighted by Crippen LogP contribution is -2.31. The molecule has 1 amide bonds. The maximum atomic E-state index is 12.8. The predicted octanol–water partition coefficient (Wildman–Crippen LogP) is 3.43. The lowest BCUT2D eigenvalue weighted by atomic mass is 10.2. The normalized spacial score (nSPS) is 15.3. The van der Waals surface area contributed by atoms with Crippen LogP contribution in [-0.4, -0.2) is 37.7 Å². The molecule has 7 nitrogen and oxygen atoms in total. The molecule has 2 aromatic rings. The van der Waals surface area contributed by atoms with Crippen LogP contribution in [0.3, 0.4) is 0 Å². The molecule has 0 spiro atoms. The summed E-state index contributed by atoms with van der Waals surface area (Å²) < 4.78 is 32.3. The number of hydrogen-bond acceptors (Lipinski definition) is 5. The number of para-hydroxylation sites is 1. The minimum atomic E-state index is -3.54. The number of esters is 1. The molecular weight excluding hydrogens is 392 g/mol. The summed E-state index contributed by atoms with van der Waals surface area (Å²) in [6, 6.07) is 12.5. The average Bonchev–Trinajstić information content (AvgIpc) is 2.98. The number of anilines is 1. The number of carbonyl (C=O) groups excluding carboxylic acids is 2. The van der Waals surface area contributed by atoms with Crippen LogP contribution in [0.1, 0.15) is 43.0 Å². The van der Waals surface area contributed by atoms with Crippen LogP contribution >= 0.6 is 0 Å². The molecule has 154 valence electrons. The van der Waals surface area contributed by atoms with Gasteiger partial charge in [-0.2, -0.15) is 4.31 Å². The summed E-state index contributed by atoms with van der Waals surface area (Å²) in [6.45, 7) is 2.33. The average molecular weight is 416 g/mol. The summed E-state index contributed by atoms with van der Waals surface area (Å²) in [6.07, 6.45) is 3.84. The highest BCUT2D eigenvalue weighted by Crippen LogP contribution is 2.23. The van der Waals surface area contributed by atoms with E-state index in [9.17, 15) is 18.0 Å². The van der Waals surface area contributed by atoms with Gasteiger partial charge in [0.1, 0.15) is 5.75 Å². The largest absolute Gasteiger partial charge is 0.426 e. The van der Waals surface area contributed by atoms with Crippen molar-refractivity contribution in [3.05, 3.63) is 54.1 Å². The molecule has 0 radical (unpaired) electrons. The van der Waals surface area contributed by atoms with Crippen molar-refractivity contribution in [1.29, 1.82) is 0 Å². The van der Waals surface area contributed by atoms with E-state index in [2.05, 4.69) is 5.32 Å². The number of amides is 1. The quantitative estimate of drug-likeness (QED) is 0.595. The van der Waals surface area contributed by atoms with E-state index in [4.69, 9.17) is 4.74 Å². The van der Waals surface area contributed by atoms with Crippen LogP contribution in [0.4, 0.5) is 5.69 Å². The lowest BCUT2D eigenvalue weighted by Gasteiger charge is -2.20. The van der Waals surface area contributed by atoms with Gasteiger partial charge in [-0.15, -0.1) is 0 Å². The zero-order chi connectivity index (χ0) is 20.9. The summed E-state index contributed by atoms with van der Waals surface area (Å²) in [4.78, 5) is 24.0. The first-order chi connectivity index (χ1) is 13.9. The fraction of sp³-hybridized carbons (Fsp3) is 0.333. The van der Waals surface area contributed by atoms with Gasteiger partial charge in [0.05, 0.1) is 10.5 Å². The third-order valence-electron chi connectivity index (χ3n) is 4.70. The summed E-state index contributed by atoms with van der Waals surface area (Å²) in [5.41, 5.74) is 0.659. The number of benzene rings is 2. The van der Waals surface area contributed by atoms with Crippen LogP contribution in [-0.2, 0) is 14.8 Å². The molecular formula is C21H24N2O5S. The van der Waals surface area contributed by atoms with Gasteiger partial charge < -0.3 is 10.1 Å². The van der Waals surface area contributed by atoms with Crippen molar-refractivity contribution in [3.8, 4) is 5.75 Å². The van der Waals surface area contributed by atoms with E-state index >= 15 is 0 Å². The Morgan fingerprint density at radius 1 is 0.931 bits per heavy atom. The van der Waals surface area contributed by atoms with Gasteiger partial charge in [0, 0.05) is 25.7 Å². The van der Waals surface area contributed by atoms with Crippen LogP contribution in [0.2, 0.25) is 0 Å². The number of carbonyl (C=O) groups is 2. The Labute approximate surface area is 170 Å². The first-order valence-electron chi connectivity index (χ1n) is 9.57. The van der Waals surface area contributed by atoms with E-state index < -0.39 is 21.9 Å². The van der Waals surface area contributed by atoms with Crippen molar-refractivity contribution in [2.75, 3.05) is 18.4 Å². The zero-order valence-electron chi connectivity index (χ0n) is 16.3. The van der Waals surface area contributed by atoms with Crippen LogP contribution in [0.25, 0.3) is 0 Å². The number of nitrogens with zero attached hydrogens (tertiary/aromatic N) is 1. The zero-order valence-corrected chi connectivity index (χ0v) is 17.1. The Kier molecular flexibility index (Phi) is 6.66. The molecule has 1 saturated heterocycles. The second-order valence-electron chi connectivity index (χ2n) is 6.89. The third kappa shape index (κ3) is 5.21. The summed E-state index contributed by atoms with van der Waals surface area (Å²) in [5, 5.41) is 2.70. The molecule has 8 heteroatoms. The standard InChI is InChI=1S/C21H24N2O5S/c1-16(24)28-20-9-5-4-8-19(20)21(25)22-17-10-12-18(13-11-17)29(26,27)23-14-6-2-3-7-15-23/h4-5,8-13H,2-3,6-7,14-15H2,1H3,(H,22,25). The van der Waals surface area contributed by atoms with Gasteiger partial charge in [0.2, 0.25) is 10.0 Å². The molecule has 0 atom stereocenters. The molecule has 3 rings (SSSR count). The molecule has 0 bridgehead atoms. The molecule has 1 fully saturated rings. The van der Waals surface area contributed by atoms with Crippen molar-refractivity contribution >= 4 is 27.6 Å². The van der Waals surface area contributed by atoms with Gasteiger partial charge in [0.25, 0.3) is 5.91 Å². The highest BCUT2D eigenvalue weighted by molar-refractivity contribution is 7.89. The molecule has 0 unspecified atom stereocenters.